The second-order valence-corrected chi connectivity index (χ2v) is 8.12. The highest BCUT2D eigenvalue weighted by Gasteiger charge is 2.29. The monoisotopic (exact) mass is 449 g/mol. The molecule has 4 rings (SSSR count). The van der Waals surface area contributed by atoms with Crippen molar-refractivity contribution >= 4 is 34.8 Å². The molecule has 2 heterocycles. The lowest BCUT2D eigenvalue weighted by atomic mass is 10.1. The summed E-state index contributed by atoms with van der Waals surface area (Å²) in [5, 5.41) is 4.11. The summed E-state index contributed by atoms with van der Waals surface area (Å²) in [4.78, 5) is 12.7. The SMILES string of the molecule is Cc1ccc(NC(=O)C[n+]2cc(-c3ccc(Cl)c(Cl)c3)n3c2CCC3)c(C)c1.[Cl-]. The number of rotatable bonds is 4. The number of carbonyl (C=O) groups excluding carboxylic acids is 1. The minimum absolute atomic E-state index is 0. The number of amides is 1. The number of nitrogens with one attached hydrogen (secondary N) is 1. The van der Waals surface area contributed by atoms with Crippen molar-refractivity contribution in [1.82, 2.24) is 4.57 Å². The molecule has 3 aromatic rings. The molecule has 0 saturated heterocycles. The summed E-state index contributed by atoms with van der Waals surface area (Å²) in [6, 6.07) is 11.7. The van der Waals surface area contributed by atoms with Gasteiger partial charge in [0.15, 0.2) is 12.2 Å². The minimum Gasteiger partial charge on any atom is -1.00 e. The molecule has 152 valence electrons. The first-order valence-corrected chi connectivity index (χ1v) is 10.1. The number of fused-ring (bicyclic) bond motifs is 1. The molecule has 4 nitrogen and oxygen atoms in total. The molecule has 2 aromatic carbocycles. The fourth-order valence-electron chi connectivity index (χ4n) is 3.83. The van der Waals surface area contributed by atoms with E-state index in [1.165, 1.54) is 5.56 Å². The molecule has 0 aliphatic carbocycles. The Morgan fingerprint density at radius 1 is 1.14 bits per heavy atom. The largest absolute Gasteiger partial charge is 1.00 e. The zero-order valence-corrected chi connectivity index (χ0v) is 18.6. The van der Waals surface area contributed by atoms with Crippen molar-refractivity contribution in [1.29, 1.82) is 0 Å². The Hall–Kier alpha value is -2.01. The molecular weight excluding hydrogens is 429 g/mol. The van der Waals surface area contributed by atoms with Crippen molar-refractivity contribution in [3.05, 3.63) is 69.6 Å². The van der Waals surface area contributed by atoms with Crippen LogP contribution in [0.2, 0.25) is 10.0 Å². The molecule has 0 bridgehead atoms. The van der Waals surface area contributed by atoms with Gasteiger partial charge in [-0.05, 0) is 50.1 Å². The average Bonchev–Trinajstić information content (AvgIpc) is 3.24. The molecule has 1 aliphatic heterocycles. The van der Waals surface area contributed by atoms with E-state index < -0.39 is 0 Å². The van der Waals surface area contributed by atoms with Crippen molar-refractivity contribution < 1.29 is 21.8 Å². The third kappa shape index (κ3) is 4.45. The standard InChI is InChI=1S/C22H21Cl2N3O.ClH/c1-14-5-8-19(15(2)10-14)25-21(28)13-26-12-20(27-9-3-4-22(26)27)16-6-7-17(23)18(24)11-16;/h5-8,10-12H,3-4,9,13H2,1-2H3;1H. The fourth-order valence-corrected chi connectivity index (χ4v) is 4.13. The van der Waals surface area contributed by atoms with Gasteiger partial charge >= 0.3 is 0 Å². The van der Waals surface area contributed by atoms with Crippen molar-refractivity contribution in [2.45, 2.75) is 39.8 Å². The van der Waals surface area contributed by atoms with Crippen LogP contribution in [0.15, 0.2) is 42.6 Å². The molecule has 29 heavy (non-hydrogen) atoms. The van der Waals surface area contributed by atoms with Crippen LogP contribution in [0.3, 0.4) is 0 Å². The lowest BCUT2D eigenvalue weighted by Gasteiger charge is -2.08. The van der Waals surface area contributed by atoms with Crippen LogP contribution in [0.5, 0.6) is 0 Å². The van der Waals surface area contributed by atoms with Gasteiger partial charge in [-0.25, -0.2) is 9.13 Å². The van der Waals surface area contributed by atoms with Crippen LogP contribution in [0.1, 0.15) is 23.4 Å². The summed E-state index contributed by atoms with van der Waals surface area (Å²) in [5.74, 6) is 1.13. The van der Waals surface area contributed by atoms with Gasteiger partial charge in [-0.1, -0.05) is 40.9 Å². The minimum atomic E-state index is -0.0297. The molecule has 0 fully saturated rings. The van der Waals surface area contributed by atoms with Crippen molar-refractivity contribution in [2.24, 2.45) is 0 Å². The molecule has 1 N–H and O–H groups in total. The predicted molar refractivity (Wildman–Crippen MR) is 113 cm³/mol. The van der Waals surface area contributed by atoms with E-state index in [4.69, 9.17) is 23.2 Å². The first kappa shape index (κ1) is 21.7. The zero-order chi connectivity index (χ0) is 19.8. The first-order valence-electron chi connectivity index (χ1n) is 9.37. The molecule has 0 saturated carbocycles. The maximum Gasteiger partial charge on any atom is 0.266 e. The third-order valence-electron chi connectivity index (χ3n) is 5.18. The van der Waals surface area contributed by atoms with Gasteiger partial charge in [0.25, 0.3) is 11.7 Å². The van der Waals surface area contributed by atoms with Crippen LogP contribution in [0, 0.1) is 13.8 Å². The summed E-state index contributed by atoms with van der Waals surface area (Å²) in [6.07, 6.45) is 4.07. The van der Waals surface area contributed by atoms with E-state index in [-0.39, 0.29) is 24.9 Å². The average molecular weight is 451 g/mol. The Morgan fingerprint density at radius 3 is 2.66 bits per heavy atom. The van der Waals surface area contributed by atoms with Crippen LogP contribution < -0.4 is 22.3 Å². The van der Waals surface area contributed by atoms with E-state index in [1.54, 1.807) is 0 Å². The number of carbonyl (C=O) groups is 1. The highest BCUT2D eigenvalue weighted by molar-refractivity contribution is 6.42. The number of benzene rings is 2. The van der Waals surface area contributed by atoms with E-state index in [2.05, 4.69) is 16.0 Å². The van der Waals surface area contributed by atoms with Crippen LogP contribution in [-0.4, -0.2) is 10.5 Å². The molecule has 1 aliphatic rings. The second-order valence-electron chi connectivity index (χ2n) is 7.31. The summed E-state index contributed by atoms with van der Waals surface area (Å²) < 4.78 is 4.31. The molecular formula is C22H22Cl3N3O. The van der Waals surface area contributed by atoms with Gasteiger partial charge in [0.1, 0.15) is 6.20 Å². The molecule has 0 unspecified atom stereocenters. The zero-order valence-electron chi connectivity index (χ0n) is 16.3. The number of hydrogen-bond acceptors (Lipinski definition) is 1. The number of anilines is 1. The summed E-state index contributed by atoms with van der Waals surface area (Å²) in [6.45, 7) is 5.28. The normalized spacial score (nSPS) is 12.4. The van der Waals surface area contributed by atoms with Gasteiger partial charge in [-0.2, -0.15) is 0 Å². The van der Waals surface area contributed by atoms with E-state index in [0.29, 0.717) is 10.0 Å². The Labute approximate surface area is 186 Å². The summed E-state index contributed by atoms with van der Waals surface area (Å²) in [7, 11) is 0. The maximum atomic E-state index is 12.7. The van der Waals surface area contributed by atoms with E-state index in [9.17, 15) is 4.79 Å². The smallest absolute Gasteiger partial charge is 0.266 e. The van der Waals surface area contributed by atoms with Gasteiger partial charge in [0.05, 0.1) is 23.0 Å². The van der Waals surface area contributed by atoms with Gasteiger partial charge in [-0.15, -0.1) is 0 Å². The van der Waals surface area contributed by atoms with Crippen LogP contribution in [0.25, 0.3) is 11.3 Å². The highest BCUT2D eigenvalue weighted by atomic mass is 35.5. The Bertz CT molecular complexity index is 1080. The summed E-state index contributed by atoms with van der Waals surface area (Å²) in [5.41, 5.74) is 5.17. The molecule has 0 radical (unpaired) electrons. The Kier molecular flexibility index (Phi) is 6.57. The number of nitrogens with zero attached hydrogens (tertiary/aromatic N) is 2. The molecule has 1 aromatic heterocycles. The molecule has 0 spiro atoms. The Balaban J connectivity index is 0.00000240. The van der Waals surface area contributed by atoms with Crippen LogP contribution >= 0.6 is 23.2 Å². The number of aryl methyl sites for hydroxylation is 2. The lowest BCUT2D eigenvalue weighted by Crippen LogP contribution is -3.00. The van der Waals surface area contributed by atoms with Crippen molar-refractivity contribution in [3.63, 3.8) is 0 Å². The van der Waals surface area contributed by atoms with Crippen molar-refractivity contribution in [3.8, 4) is 11.3 Å². The number of imidazole rings is 1. The van der Waals surface area contributed by atoms with Gasteiger partial charge in [0, 0.05) is 11.3 Å². The number of hydrogen-bond donors (Lipinski definition) is 1. The van der Waals surface area contributed by atoms with Crippen molar-refractivity contribution in [2.75, 3.05) is 5.32 Å². The van der Waals surface area contributed by atoms with Crippen LogP contribution in [-0.2, 0) is 24.3 Å². The second kappa shape index (κ2) is 8.78. The third-order valence-corrected chi connectivity index (χ3v) is 5.92. The van der Waals surface area contributed by atoms with E-state index in [1.807, 2.05) is 54.9 Å². The van der Waals surface area contributed by atoms with Gasteiger partial charge < -0.3 is 17.7 Å². The topological polar surface area (TPSA) is 37.9 Å². The summed E-state index contributed by atoms with van der Waals surface area (Å²) >= 11 is 12.3. The van der Waals surface area contributed by atoms with Crippen LogP contribution in [0.4, 0.5) is 5.69 Å². The van der Waals surface area contributed by atoms with E-state index >= 15 is 0 Å². The quantitative estimate of drug-likeness (QED) is 0.606. The van der Waals surface area contributed by atoms with Gasteiger partial charge in [-0.3, -0.25) is 4.79 Å². The molecule has 1 amide bonds. The number of halogens is 3. The molecule has 0 atom stereocenters. The fraction of sp³-hybridized carbons (Fsp3) is 0.273. The highest BCUT2D eigenvalue weighted by Crippen LogP contribution is 2.30. The lowest BCUT2D eigenvalue weighted by molar-refractivity contribution is -0.690. The predicted octanol–water partition coefficient (Wildman–Crippen LogP) is 1.96. The maximum absolute atomic E-state index is 12.7. The first-order chi connectivity index (χ1) is 13.4. The van der Waals surface area contributed by atoms with Gasteiger partial charge in [0.2, 0.25) is 0 Å². The number of aromatic nitrogens is 2. The molecule has 7 heteroatoms. The Morgan fingerprint density at radius 2 is 1.93 bits per heavy atom. The van der Waals surface area contributed by atoms with E-state index in [0.717, 1.165) is 47.7 Å².